The van der Waals surface area contributed by atoms with Gasteiger partial charge in [-0.15, -0.1) is 0 Å². The Morgan fingerprint density at radius 2 is 1.90 bits per heavy atom. The van der Waals surface area contributed by atoms with Gasteiger partial charge in [-0.05, 0) is 18.6 Å². The number of esters is 1. The molecule has 0 aliphatic rings. The molecule has 0 radical (unpaired) electrons. The van der Waals surface area contributed by atoms with Crippen LogP contribution in [-0.2, 0) is 27.0 Å². The second kappa shape index (κ2) is 6.93. The Kier molecular flexibility index (Phi) is 5.54. The number of alkyl halides is 3. The Hall–Kier alpha value is -2.05. The van der Waals surface area contributed by atoms with Gasteiger partial charge < -0.3 is 10.1 Å². The Morgan fingerprint density at radius 3 is 2.50 bits per heavy atom. The van der Waals surface area contributed by atoms with Gasteiger partial charge in [0.05, 0.1) is 12.2 Å². The maximum atomic E-state index is 12.7. The predicted octanol–water partition coefficient (Wildman–Crippen LogP) is 2.27. The zero-order chi connectivity index (χ0) is 15.2. The van der Waals surface area contributed by atoms with Gasteiger partial charge in [-0.2, -0.15) is 13.2 Å². The van der Waals surface area contributed by atoms with Crippen molar-refractivity contribution in [2.24, 2.45) is 0 Å². The highest BCUT2D eigenvalue weighted by Gasteiger charge is 2.32. The van der Waals surface area contributed by atoms with Crippen molar-refractivity contribution in [2.45, 2.75) is 26.1 Å². The number of hydrogen-bond donors (Lipinski definition) is 1. The molecule has 20 heavy (non-hydrogen) atoms. The molecule has 110 valence electrons. The number of nitrogens with one attached hydrogen (secondary N) is 1. The molecule has 0 heterocycles. The average molecular weight is 289 g/mol. The summed E-state index contributed by atoms with van der Waals surface area (Å²) in [5.41, 5.74) is -0.867. The average Bonchev–Trinajstić information content (AvgIpc) is 2.36. The first-order valence-electron chi connectivity index (χ1n) is 5.92. The molecule has 0 aromatic heterocycles. The lowest BCUT2D eigenvalue weighted by atomic mass is 10.1. The van der Waals surface area contributed by atoms with Gasteiger partial charge in [0.1, 0.15) is 6.42 Å². The van der Waals surface area contributed by atoms with Crippen LogP contribution >= 0.6 is 0 Å². The van der Waals surface area contributed by atoms with Crippen molar-refractivity contribution in [3.05, 3.63) is 35.4 Å². The molecule has 7 heteroatoms. The molecule has 0 atom stereocenters. The molecule has 0 saturated heterocycles. The molecule has 0 unspecified atom stereocenters. The van der Waals surface area contributed by atoms with Crippen LogP contribution in [0.5, 0.6) is 0 Å². The molecule has 1 amide bonds. The van der Waals surface area contributed by atoms with E-state index >= 15 is 0 Å². The van der Waals surface area contributed by atoms with E-state index in [1.54, 1.807) is 6.92 Å². The molecule has 0 saturated carbocycles. The van der Waals surface area contributed by atoms with Crippen molar-refractivity contribution in [1.82, 2.24) is 5.32 Å². The smallest absolute Gasteiger partial charge is 0.416 e. The predicted molar refractivity (Wildman–Crippen MR) is 64.5 cm³/mol. The first-order chi connectivity index (χ1) is 9.34. The lowest BCUT2D eigenvalue weighted by Gasteiger charge is -2.13. The Labute approximate surface area is 113 Å². The largest absolute Gasteiger partial charge is 0.466 e. The minimum atomic E-state index is -4.48. The lowest BCUT2D eigenvalue weighted by Crippen LogP contribution is -2.27. The highest BCUT2D eigenvalue weighted by molar-refractivity contribution is 5.94. The van der Waals surface area contributed by atoms with Gasteiger partial charge in [0, 0.05) is 6.54 Å². The first-order valence-corrected chi connectivity index (χ1v) is 5.92. The van der Waals surface area contributed by atoms with Gasteiger partial charge in [-0.1, -0.05) is 18.2 Å². The summed E-state index contributed by atoms with van der Waals surface area (Å²) in [5, 5.41) is 2.26. The van der Waals surface area contributed by atoms with Crippen LogP contribution in [0.3, 0.4) is 0 Å². The third-order valence-electron chi connectivity index (χ3n) is 2.41. The normalized spacial score (nSPS) is 11.0. The highest BCUT2D eigenvalue weighted by Crippen LogP contribution is 2.31. The molecule has 1 N–H and O–H groups in total. The van der Waals surface area contributed by atoms with E-state index < -0.39 is 30.0 Å². The number of benzene rings is 1. The van der Waals surface area contributed by atoms with Crippen molar-refractivity contribution < 1.29 is 27.5 Å². The van der Waals surface area contributed by atoms with Gasteiger partial charge in [-0.3, -0.25) is 9.59 Å². The fourth-order valence-electron chi connectivity index (χ4n) is 1.55. The van der Waals surface area contributed by atoms with Crippen LogP contribution in [0.25, 0.3) is 0 Å². The fourth-order valence-corrected chi connectivity index (χ4v) is 1.55. The van der Waals surface area contributed by atoms with E-state index in [9.17, 15) is 22.8 Å². The molecule has 0 spiro atoms. The highest BCUT2D eigenvalue weighted by atomic mass is 19.4. The minimum absolute atomic E-state index is 0.0581. The van der Waals surface area contributed by atoms with Gasteiger partial charge in [0.25, 0.3) is 0 Å². The number of amides is 1. The molecular formula is C13H14F3NO3. The molecular weight excluding hydrogens is 275 g/mol. The number of carbonyl (C=O) groups excluding carboxylic acids is 2. The summed E-state index contributed by atoms with van der Waals surface area (Å²) in [5.74, 6) is -1.39. The van der Waals surface area contributed by atoms with E-state index in [1.807, 2.05) is 0 Å². The Morgan fingerprint density at radius 1 is 1.25 bits per heavy atom. The van der Waals surface area contributed by atoms with E-state index in [-0.39, 0.29) is 18.7 Å². The molecule has 1 aromatic rings. The number of ether oxygens (including phenoxy) is 1. The van der Waals surface area contributed by atoms with Gasteiger partial charge in [-0.25, -0.2) is 0 Å². The maximum Gasteiger partial charge on any atom is 0.416 e. The topological polar surface area (TPSA) is 55.4 Å². The van der Waals surface area contributed by atoms with Crippen LogP contribution in [0.1, 0.15) is 24.5 Å². The van der Waals surface area contributed by atoms with Crippen molar-refractivity contribution in [1.29, 1.82) is 0 Å². The van der Waals surface area contributed by atoms with E-state index in [1.165, 1.54) is 18.2 Å². The molecule has 1 rings (SSSR count). The summed E-state index contributed by atoms with van der Waals surface area (Å²) in [6.07, 6.45) is -5.00. The number of rotatable bonds is 5. The van der Waals surface area contributed by atoms with E-state index in [0.717, 1.165) is 6.07 Å². The van der Waals surface area contributed by atoms with Crippen molar-refractivity contribution in [3.8, 4) is 0 Å². The SMILES string of the molecule is CCOC(=O)CC(=O)NCc1ccccc1C(F)(F)F. The molecule has 1 aromatic carbocycles. The standard InChI is InChI=1S/C13H14F3NO3/c1-2-20-12(19)7-11(18)17-8-9-5-3-4-6-10(9)13(14,15)16/h3-6H,2,7-8H2,1H3,(H,17,18). The van der Waals surface area contributed by atoms with Gasteiger partial charge in [0.2, 0.25) is 5.91 Å². The van der Waals surface area contributed by atoms with Crippen LogP contribution in [0, 0.1) is 0 Å². The quantitative estimate of drug-likeness (QED) is 0.668. The van der Waals surface area contributed by atoms with Crippen LogP contribution in [0.2, 0.25) is 0 Å². The van der Waals surface area contributed by atoms with Crippen molar-refractivity contribution in [2.75, 3.05) is 6.61 Å². The summed E-state index contributed by atoms with van der Waals surface area (Å²) in [6, 6.07) is 4.93. The lowest BCUT2D eigenvalue weighted by molar-refractivity contribution is -0.146. The summed E-state index contributed by atoms with van der Waals surface area (Å²) in [4.78, 5) is 22.4. The van der Waals surface area contributed by atoms with Crippen LogP contribution in [0.15, 0.2) is 24.3 Å². The van der Waals surface area contributed by atoms with Gasteiger partial charge in [0.15, 0.2) is 0 Å². The zero-order valence-corrected chi connectivity index (χ0v) is 10.8. The van der Waals surface area contributed by atoms with Crippen LogP contribution in [-0.4, -0.2) is 18.5 Å². The van der Waals surface area contributed by atoms with Crippen LogP contribution in [0.4, 0.5) is 13.2 Å². The maximum absolute atomic E-state index is 12.7. The third kappa shape index (κ3) is 4.91. The molecule has 0 aliphatic carbocycles. The summed E-state index contributed by atoms with van der Waals surface area (Å²) < 4.78 is 42.7. The third-order valence-corrected chi connectivity index (χ3v) is 2.41. The van der Waals surface area contributed by atoms with E-state index in [2.05, 4.69) is 10.1 Å². The number of hydrogen-bond acceptors (Lipinski definition) is 3. The number of carbonyl (C=O) groups is 2. The Balaban J connectivity index is 2.62. The van der Waals surface area contributed by atoms with Crippen molar-refractivity contribution >= 4 is 11.9 Å². The van der Waals surface area contributed by atoms with Gasteiger partial charge >= 0.3 is 12.1 Å². The van der Waals surface area contributed by atoms with Crippen molar-refractivity contribution in [3.63, 3.8) is 0 Å². The summed E-state index contributed by atoms with van der Waals surface area (Å²) in [7, 11) is 0. The molecule has 0 fully saturated rings. The van der Waals surface area contributed by atoms with E-state index in [4.69, 9.17) is 0 Å². The second-order valence-corrected chi connectivity index (χ2v) is 3.91. The molecule has 0 aliphatic heterocycles. The fraction of sp³-hybridized carbons (Fsp3) is 0.385. The minimum Gasteiger partial charge on any atom is -0.466 e. The summed E-state index contributed by atoms with van der Waals surface area (Å²) in [6.45, 7) is 1.44. The molecule has 0 bridgehead atoms. The zero-order valence-electron chi connectivity index (χ0n) is 10.8. The number of halogens is 3. The monoisotopic (exact) mass is 289 g/mol. The van der Waals surface area contributed by atoms with E-state index in [0.29, 0.717) is 0 Å². The molecule has 4 nitrogen and oxygen atoms in total. The Bertz CT molecular complexity index is 486. The summed E-state index contributed by atoms with van der Waals surface area (Å²) >= 11 is 0. The second-order valence-electron chi connectivity index (χ2n) is 3.91. The van der Waals surface area contributed by atoms with Crippen LogP contribution < -0.4 is 5.32 Å². The first kappa shape index (κ1) is 16.0.